The van der Waals surface area contributed by atoms with Crippen molar-refractivity contribution in [2.24, 2.45) is 0 Å². The van der Waals surface area contributed by atoms with Crippen LogP contribution in [0.4, 0.5) is 17.6 Å². The number of nitrogens with zero attached hydrogens (tertiary/aromatic N) is 2. The molecule has 0 aliphatic carbocycles. The number of carbonyl (C=O) groups excluding carboxylic acids is 2. The third-order valence-electron chi connectivity index (χ3n) is 6.60. The Bertz CT molecular complexity index is 1100. The second kappa shape index (κ2) is 9.40. The Kier molecular flexibility index (Phi) is 6.71. The molecule has 34 heavy (non-hydrogen) atoms. The molecule has 0 bridgehead atoms. The quantitative estimate of drug-likeness (QED) is 0.631. The van der Waals surface area contributed by atoms with Crippen LogP contribution in [0.2, 0.25) is 0 Å². The highest BCUT2D eigenvalue weighted by molar-refractivity contribution is 6.01. The van der Waals surface area contributed by atoms with E-state index in [0.29, 0.717) is 31.1 Å². The predicted molar refractivity (Wildman–Crippen MR) is 116 cm³/mol. The Morgan fingerprint density at radius 3 is 2.65 bits per heavy atom. The zero-order valence-electron chi connectivity index (χ0n) is 19.0. The molecule has 0 unspecified atom stereocenters. The number of amides is 2. The van der Waals surface area contributed by atoms with E-state index in [2.05, 4.69) is 5.32 Å². The number of likely N-dealkylation sites (tertiary alicyclic amines) is 1. The van der Waals surface area contributed by atoms with Crippen molar-refractivity contribution in [2.45, 2.75) is 64.5 Å². The molecule has 0 radical (unpaired) electrons. The number of hydrogen-bond acceptors (Lipinski definition) is 3. The van der Waals surface area contributed by atoms with Gasteiger partial charge in [-0.2, -0.15) is 13.2 Å². The summed E-state index contributed by atoms with van der Waals surface area (Å²) in [6.45, 7) is 5.34. The second-order valence-corrected chi connectivity index (χ2v) is 8.76. The fourth-order valence-electron chi connectivity index (χ4n) is 4.71. The van der Waals surface area contributed by atoms with Gasteiger partial charge in [0, 0.05) is 19.1 Å². The largest absolute Gasteiger partial charge is 0.419 e. The molecule has 0 spiro atoms. The lowest BCUT2D eigenvalue weighted by Crippen LogP contribution is -2.35. The van der Waals surface area contributed by atoms with Crippen LogP contribution in [0.15, 0.2) is 24.3 Å². The van der Waals surface area contributed by atoms with Crippen molar-refractivity contribution in [2.75, 3.05) is 13.2 Å². The highest BCUT2D eigenvalue weighted by Crippen LogP contribution is 2.34. The van der Waals surface area contributed by atoms with E-state index in [-0.39, 0.29) is 36.1 Å². The molecule has 10 heteroatoms. The maximum absolute atomic E-state index is 13.7. The number of rotatable bonds is 5. The summed E-state index contributed by atoms with van der Waals surface area (Å²) in [5.41, 5.74) is -0.00200. The van der Waals surface area contributed by atoms with E-state index in [1.165, 1.54) is 6.07 Å². The van der Waals surface area contributed by atoms with Gasteiger partial charge in [-0.25, -0.2) is 4.39 Å². The van der Waals surface area contributed by atoms with Gasteiger partial charge in [0.15, 0.2) is 0 Å². The molecule has 2 aromatic rings. The number of carbonyl (C=O) groups is 2. The van der Waals surface area contributed by atoms with E-state index in [1.54, 1.807) is 22.5 Å². The molecule has 4 rings (SSSR count). The molecule has 1 N–H and O–H groups in total. The molecule has 1 fully saturated rings. The molecule has 2 aliphatic heterocycles. The van der Waals surface area contributed by atoms with Crippen LogP contribution in [0.5, 0.6) is 0 Å². The topological polar surface area (TPSA) is 63.6 Å². The van der Waals surface area contributed by atoms with Crippen LogP contribution < -0.4 is 5.32 Å². The molecular weight excluding hydrogens is 454 g/mol. The zero-order valence-corrected chi connectivity index (χ0v) is 19.0. The number of ether oxygens (including phenoxy) is 1. The fraction of sp³-hybridized carbons (Fsp3) is 0.500. The number of halogens is 4. The number of hydrogen-bond donors (Lipinski definition) is 1. The Morgan fingerprint density at radius 1 is 1.24 bits per heavy atom. The molecule has 0 saturated carbocycles. The molecule has 2 amide bonds. The minimum absolute atomic E-state index is 0.113. The maximum atomic E-state index is 13.7. The van der Waals surface area contributed by atoms with Crippen LogP contribution in [0.25, 0.3) is 0 Å². The third kappa shape index (κ3) is 4.55. The van der Waals surface area contributed by atoms with E-state index in [1.807, 2.05) is 6.92 Å². The van der Waals surface area contributed by atoms with Crippen molar-refractivity contribution in [1.82, 2.24) is 14.8 Å². The van der Waals surface area contributed by atoms with Crippen molar-refractivity contribution in [3.05, 3.63) is 58.2 Å². The minimum Gasteiger partial charge on any atom is -0.373 e. The summed E-state index contributed by atoms with van der Waals surface area (Å²) in [6, 6.07) is 3.61. The fourth-order valence-corrected chi connectivity index (χ4v) is 4.71. The highest BCUT2D eigenvalue weighted by atomic mass is 19.4. The van der Waals surface area contributed by atoms with Gasteiger partial charge in [-0.15, -0.1) is 0 Å². The summed E-state index contributed by atoms with van der Waals surface area (Å²) in [5, 5.41) is 2.76. The van der Waals surface area contributed by atoms with Gasteiger partial charge in [0.2, 0.25) is 0 Å². The van der Waals surface area contributed by atoms with E-state index in [4.69, 9.17) is 4.74 Å². The number of fused-ring (bicyclic) bond motifs is 1. The Balaban J connectivity index is 1.63. The van der Waals surface area contributed by atoms with Crippen molar-refractivity contribution in [1.29, 1.82) is 0 Å². The molecule has 6 nitrogen and oxygen atoms in total. The van der Waals surface area contributed by atoms with Crippen LogP contribution in [0.3, 0.4) is 0 Å². The van der Waals surface area contributed by atoms with E-state index in [9.17, 15) is 27.2 Å². The lowest BCUT2D eigenvalue weighted by molar-refractivity contribution is -0.140. The minimum atomic E-state index is -4.84. The van der Waals surface area contributed by atoms with Gasteiger partial charge in [-0.1, -0.05) is 13.0 Å². The summed E-state index contributed by atoms with van der Waals surface area (Å²) < 4.78 is 60.5. The van der Waals surface area contributed by atoms with Crippen LogP contribution >= 0.6 is 0 Å². The van der Waals surface area contributed by atoms with Crippen molar-refractivity contribution >= 4 is 11.8 Å². The Morgan fingerprint density at radius 2 is 2.00 bits per heavy atom. The summed E-state index contributed by atoms with van der Waals surface area (Å²) in [5.74, 6) is -2.03. The van der Waals surface area contributed by atoms with Crippen LogP contribution in [0.1, 0.15) is 76.8 Å². The monoisotopic (exact) mass is 481 g/mol. The standard InChI is InChI=1S/C24H27F4N3O3/c1-3-19(15-6-7-18(25)17(11-15)24(26,27)28)29-22(32)16-12-20(31-9-10-34-13-21(16)31)23(33)30-8-4-5-14(30)2/h6-7,11-12,14,19H,3-5,8-10,13H2,1-2H3,(H,29,32)/t14-,19+/m0/s1. The van der Waals surface area contributed by atoms with Gasteiger partial charge in [-0.3, -0.25) is 9.59 Å². The normalized spacial score (nSPS) is 19.1. The Hall–Kier alpha value is -2.88. The highest BCUT2D eigenvalue weighted by Gasteiger charge is 2.35. The summed E-state index contributed by atoms with van der Waals surface area (Å²) in [6.07, 6.45) is -2.71. The average molecular weight is 481 g/mol. The first-order chi connectivity index (χ1) is 16.1. The van der Waals surface area contributed by atoms with E-state index < -0.39 is 29.5 Å². The predicted octanol–water partition coefficient (Wildman–Crippen LogP) is 4.68. The van der Waals surface area contributed by atoms with Crippen molar-refractivity contribution in [3.63, 3.8) is 0 Å². The lowest BCUT2D eigenvalue weighted by atomic mass is 10.0. The zero-order chi connectivity index (χ0) is 24.6. The number of aromatic nitrogens is 1. The number of nitrogens with one attached hydrogen (secondary N) is 1. The van der Waals surface area contributed by atoms with Gasteiger partial charge >= 0.3 is 6.18 Å². The molecule has 3 heterocycles. The van der Waals surface area contributed by atoms with Gasteiger partial charge in [0.1, 0.15) is 11.5 Å². The first-order valence-electron chi connectivity index (χ1n) is 11.4. The molecule has 1 aromatic heterocycles. The average Bonchev–Trinajstić information content (AvgIpc) is 3.40. The van der Waals surface area contributed by atoms with E-state index >= 15 is 0 Å². The van der Waals surface area contributed by atoms with Gasteiger partial charge in [0.25, 0.3) is 11.8 Å². The molecule has 184 valence electrons. The van der Waals surface area contributed by atoms with Crippen LogP contribution in [-0.4, -0.2) is 40.5 Å². The number of benzene rings is 1. The van der Waals surface area contributed by atoms with Crippen molar-refractivity contribution in [3.8, 4) is 0 Å². The summed E-state index contributed by atoms with van der Waals surface area (Å²) >= 11 is 0. The van der Waals surface area contributed by atoms with Crippen LogP contribution in [-0.2, 0) is 24.1 Å². The van der Waals surface area contributed by atoms with Gasteiger partial charge in [-0.05, 0) is 49.9 Å². The molecule has 1 aromatic carbocycles. The van der Waals surface area contributed by atoms with Crippen LogP contribution in [0, 0.1) is 5.82 Å². The summed E-state index contributed by atoms with van der Waals surface area (Å²) in [4.78, 5) is 28.2. The number of alkyl halides is 3. The molecule has 2 atom stereocenters. The second-order valence-electron chi connectivity index (χ2n) is 8.76. The summed E-state index contributed by atoms with van der Waals surface area (Å²) in [7, 11) is 0. The smallest absolute Gasteiger partial charge is 0.373 e. The SMILES string of the molecule is CC[C@@H](NC(=O)c1cc(C(=O)N2CCC[C@@H]2C)n2c1COCC2)c1ccc(F)c(C(F)(F)F)c1. The maximum Gasteiger partial charge on any atom is 0.419 e. The van der Waals surface area contributed by atoms with E-state index in [0.717, 1.165) is 25.0 Å². The first-order valence-corrected chi connectivity index (χ1v) is 11.4. The third-order valence-corrected chi connectivity index (χ3v) is 6.60. The molecular formula is C24H27F4N3O3. The molecule has 2 aliphatic rings. The first kappa shape index (κ1) is 24.3. The van der Waals surface area contributed by atoms with Gasteiger partial charge in [0.05, 0.1) is 36.1 Å². The van der Waals surface area contributed by atoms with Crippen molar-refractivity contribution < 1.29 is 31.9 Å². The molecule has 1 saturated heterocycles. The van der Waals surface area contributed by atoms with Gasteiger partial charge < -0.3 is 19.5 Å². The lowest BCUT2D eigenvalue weighted by Gasteiger charge is -2.24. The Labute approximate surface area is 194 Å².